The highest BCUT2D eigenvalue weighted by molar-refractivity contribution is 6.31. The van der Waals surface area contributed by atoms with E-state index < -0.39 is 11.7 Å². The Hall–Kier alpha value is -0.780. The summed E-state index contributed by atoms with van der Waals surface area (Å²) in [5.74, 6) is 0. The Balaban J connectivity index is 0.000000771. The van der Waals surface area contributed by atoms with Crippen LogP contribution in [0.25, 0.3) is 0 Å². The van der Waals surface area contributed by atoms with Gasteiger partial charge in [0, 0.05) is 19.1 Å². The van der Waals surface area contributed by atoms with Crippen LogP contribution < -0.4 is 5.73 Å². The molecule has 0 radical (unpaired) electrons. The van der Waals surface area contributed by atoms with Gasteiger partial charge in [-0.1, -0.05) is 17.7 Å². The highest BCUT2D eigenvalue weighted by Gasteiger charge is 2.44. The predicted octanol–water partition coefficient (Wildman–Crippen LogP) is 2.96. The van der Waals surface area contributed by atoms with Crippen LogP contribution in [-0.4, -0.2) is 18.8 Å². The number of hydrogen-bond donors (Lipinski definition) is 2. The summed E-state index contributed by atoms with van der Waals surface area (Å²) in [4.78, 5) is 0. The van der Waals surface area contributed by atoms with E-state index in [1.807, 2.05) is 0 Å². The van der Waals surface area contributed by atoms with E-state index in [4.69, 9.17) is 22.4 Å². The van der Waals surface area contributed by atoms with Crippen LogP contribution in [0.5, 0.6) is 0 Å². The average Bonchev–Trinajstić information content (AvgIpc) is 3.12. The number of alkyl halides is 3. The molecule has 0 heterocycles. The fraction of sp³-hybridized carbons (Fsp3) is 0.500. The molecule has 102 valence electrons. The van der Waals surface area contributed by atoms with E-state index in [0.29, 0.717) is 12.1 Å². The minimum Gasteiger partial charge on any atom is -0.400 e. The van der Waals surface area contributed by atoms with Crippen LogP contribution in [0.1, 0.15) is 24.0 Å². The Bertz CT molecular complexity index is 416. The molecule has 1 fully saturated rings. The lowest BCUT2D eigenvalue weighted by molar-refractivity contribution is -0.137. The largest absolute Gasteiger partial charge is 0.417 e. The molecule has 1 aliphatic carbocycles. The number of nitrogens with two attached hydrogens (primary N) is 1. The molecule has 1 aromatic carbocycles. The second-order valence-corrected chi connectivity index (χ2v) is 4.58. The molecule has 0 aliphatic heterocycles. The second kappa shape index (κ2) is 5.47. The Kier molecular flexibility index (Phi) is 4.64. The third kappa shape index (κ3) is 2.96. The quantitative estimate of drug-likeness (QED) is 0.875. The van der Waals surface area contributed by atoms with Crippen molar-refractivity contribution in [1.82, 2.24) is 0 Å². The van der Waals surface area contributed by atoms with Crippen LogP contribution in [-0.2, 0) is 11.6 Å². The normalized spacial score (nSPS) is 16.8. The predicted molar refractivity (Wildman–Crippen MR) is 64.6 cm³/mol. The van der Waals surface area contributed by atoms with Gasteiger partial charge in [0.25, 0.3) is 0 Å². The van der Waals surface area contributed by atoms with Crippen molar-refractivity contribution in [2.75, 3.05) is 13.7 Å². The van der Waals surface area contributed by atoms with Gasteiger partial charge >= 0.3 is 6.18 Å². The van der Waals surface area contributed by atoms with E-state index in [1.54, 1.807) is 6.07 Å². The van der Waals surface area contributed by atoms with Gasteiger partial charge in [-0.05, 0) is 30.5 Å². The fourth-order valence-electron chi connectivity index (χ4n) is 1.83. The molecule has 18 heavy (non-hydrogen) atoms. The van der Waals surface area contributed by atoms with E-state index in [9.17, 15) is 13.2 Å². The lowest BCUT2D eigenvalue weighted by Crippen LogP contribution is -2.20. The van der Waals surface area contributed by atoms with Crippen molar-refractivity contribution in [2.24, 2.45) is 5.73 Å². The van der Waals surface area contributed by atoms with Crippen LogP contribution in [0.4, 0.5) is 13.2 Å². The molecule has 0 amide bonds. The van der Waals surface area contributed by atoms with Crippen LogP contribution >= 0.6 is 11.6 Å². The molecule has 0 spiro atoms. The van der Waals surface area contributed by atoms with Gasteiger partial charge in [0.2, 0.25) is 0 Å². The zero-order valence-electron chi connectivity index (χ0n) is 9.89. The maximum absolute atomic E-state index is 12.6. The van der Waals surface area contributed by atoms with Gasteiger partial charge in [-0.2, -0.15) is 13.2 Å². The molecule has 0 atom stereocenters. The van der Waals surface area contributed by atoms with Gasteiger partial charge in [0.1, 0.15) is 0 Å². The van der Waals surface area contributed by atoms with E-state index in [-0.39, 0.29) is 10.4 Å². The lowest BCUT2D eigenvalue weighted by Gasteiger charge is -2.16. The van der Waals surface area contributed by atoms with Crippen molar-refractivity contribution < 1.29 is 18.3 Å². The van der Waals surface area contributed by atoms with Crippen molar-refractivity contribution in [3.63, 3.8) is 0 Å². The van der Waals surface area contributed by atoms with Gasteiger partial charge in [-0.25, -0.2) is 0 Å². The van der Waals surface area contributed by atoms with Gasteiger partial charge in [0.15, 0.2) is 0 Å². The van der Waals surface area contributed by atoms with E-state index in [0.717, 1.165) is 26.0 Å². The summed E-state index contributed by atoms with van der Waals surface area (Å²) >= 11 is 5.54. The SMILES string of the molecule is CO.NCC1(c2ccc(Cl)c(C(F)(F)F)c2)CC1. The Morgan fingerprint density at radius 1 is 1.33 bits per heavy atom. The van der Waals surface area contributed by atoms with Gasteiger partial charge in [-0.3, -0.25) is 0 Å². The molecule has 0 saturated heterocycles. The monoisotopic (exact) mass is 281 g/mol. The summed E-state index contributed by atoms with van der Waals surface area (Å²) in [7, 11) is 1.00. The topological polar surface area (TPSA) is 46.2 Å². The van der Waals surface area contributed by atoms with Crippen LogP contribution in [0.3, 0.4) is 0 Å². The minimum absolute atomic E-state index is 0.245. The Morgan fingerprint density at radius 2 is 1.89 bits per heavy atom. The molecule has 0 aromatic heterocycles. The third-order valence-electron chi connectivity index (χ3n) is 3.13. The zero-order valence-corrected chi connectivity index (χ0v) is 10.6. The molecular formula is C12H15ClF3NO. The molecule has 3 N–H and O–H groups in total. The number of halogens is 4. The molecule has 0 unspecified atom stereocenters. The molecule has 6 heteroatoms. The highest BCUT2D eigenvalue weighted by Crippen LogP contribution is 2.49. The first kappa shape index (κ1) is 15.3. The van der Waals surface area contributed by atoms with E-state index in [1.165, 1.54) is 6.07 Å². The summed E-state index contributed by atoms with van der Waals surface area (Å²) < 4.78 is 37.9. The average molecular weight is 282 g/mol. The molecular weight excluding hydrogens is 267 g/mol. The van der Waals surface area contributed by atoms with Gasteiger partial charge in [0.05, 0.1) is 10.6 Å². The van der Waals surface area contributed by atoms with Crippen molar-refractivity contribution in [3.8, 4) is 0 Å². The first-order valence-electron chi connectivity index (χ1n) is 5.41. The summed E-state index contributed by atoms with van der Waals surface area (Å²) in [5.41, 5.74) is 5.21. The number of hydrogen-bond acceptors (Lipinski definition) is 2. The van der Waals surface area contributed by atoms with Crippen LogP contribution in [0.15, 0.2) is 18.2 Å². The van der Waals surface area contributed by atoms with Crippen LogP contribution in [0.2, 0.25) is 5.02 Å². The third-order valence-corrected chi connectivity index (χ3v) is 3.46. The molecule has 1 aliphatic rings. The summed E-state index contributed by atoms with van der Waals surface area (Å²) in [5, 5.41) is 6.74. The molecule has 0 bridgehead atoms. The Labute approximate surface area is 109 Å². The first-order chi connectivity index (χ1) is 8.39. The van der Waals surface area contributed by atoms with Crippen LogP contribution in [0, 0.1) is 0 Å². The maximum atomic E-state index is 12.6. The fourth-order valence-corrected chi connectivity index (χ4v) is 2.06. The van der Waals surface area contributed by atoms with E-state index in [2.05, 4.69) is 0 Å². The highest BCUT2D eigenvalue weighted by atomic mass is 35.5. The van der Waals surface area contributed by atoms with Crippen molar-refractivity contribution >= 4 is 11.6 Å². The lowest BCUT2D eigenvalue weighted by atomic mass is 9.94. The Morgan fingerprint density at radius 3 is 2.28 bits per heavy atom. The van der Waals surface area contributed by atoms with E-state index >= 15 is 0 Å². The smallest absolute Gasteiger partial charge is 0.400 e. The summed E-state index contributed by atoms with van der Waals surface area (Å²) in [6.45, 7) is 0.381. The van der Waals surface area contributed by atoms with Crippen molar-refractivity contribution in [3.05, 3.63) is 34.3 Å². The molecule has 1 saturated carbocycles. The molecule has 2 rings (SSSR count). The number of aliphatic hydroxyl groups excluding tert-OH is 1. The van der Waals surface area contributed by atoms with Gasteiger partial charge in [-0.15, -0.1) is 0 Å². The number of rotatable bonds is 2. The minimum atomic E-state index is -4.40. The standard InChI is InChI=1S/C11H11ClF3N.CH4O/c12-9-2-1-7(10(6-16)3-4-10)5-8(9)11(13,14)15;1-2/h1-2,5H,3-4,6,16H2;2H,1H3. The van der Waals surface area contributed by atoms with Crippen molar-refractivity contribution in [1.29, 1.82) is 0 Å². The summed E-state index contributed by atoms with van der Waals surface area (Å²) in [6, 6.07) is 4.06. The maximum Gasteiger partial charge on any atom is 0.417 e. The van der Waals surface area contributed by atoms with Gasteiger partial charge < -0.3 is 10.8 Å². The molecule has 2 nitrogen and oxygen atoms in total. The zero-order chi connectivity index (χ0) is 14.0. The second-order valence-electron chi connectivity index (χ2n) is 4.18. The molecule has 1 aromatic rings. The number of aliphatic hydroxyl groups is 1. The number of benzene rings is 1. The van der Waals surface area contributed by atoms with Crippen molar-refractivity contribution in [2.45, 2.75) is 24.4 Å². The summed E-state index contributed by atoms with van der Waals surface area (Å²) in [6.07, 6.45) is -2.71. The first-order valence-corrected chi connectivity index (χ1v) is 5.79.